The predicted molar refractivity (Wildman–Crippen MR) is 134 cm³/mol. The van der Waals surface area contributed by atoms with E-state index in [2.05, 4.69) is 29.8 Å². The molecule has 2 heterocycles. The molecule has 210 valence electrons. The summed E-state index contributed by atoms with van der Waals surface area (Å²) >= 11 is 5.86. The third kappa shape index (κ3) is 6.37. The highest BCUT2D eigenvalue weighted by atomic mass is 35.5. The van der Waals surface area contributed by atoms with E-state index in [9.17, 15) is 27.6 Å². The number of imide groups is 1. The number of hydrogen-bond donors (Lipinski definition) is 3. The fourth-order valence-electron chi connectivity index (χ4n) is 7.25. The first-order valence-corrected chi connectivity index (χ1v) is 14.1. The van der Waals surface area contributed by atoms with Crippen LogP contribution in [0.25, 0.3) is 0 Å². The molecule has 10 atom stereocenters. The Labute approximate surface area is 222 Å². The second-order valence-corrected chi connectivity index (χ2v) is 12.5. The number of fused-ring (bicyclic) bond motifs is 1. The lowest BCUT2D eigenvalue weighted by atomic mass is 9.65. The molecule has 4 fully saturated rings. The molecule has 0 aromatic rings. The Kier molecular flexibility index (Phi) is 8.68. The quantitative estimate of drug-likeness (QED) is 0.464. The van der Waals surface area contributed by atoms with Crippen LogP contribution in [0.15, 0.2) is 0 Å². The van der Waals surface area contributed by atoms with Crippen molar-refractivity contribution in [1.82, 2.24) is 20.9 Å². The lowest BCUT2D eigenvalue weighted by molar-refractivity contribution is -0.184. The standard InChI is InChI=1S/C26H40ClF3N4O3/c1-13-4-6-17(11-18(13)19-9-16-12-31-14(2)8-22(16)34(3)24(19)36)32-25(37)33-23(35)15-5-7-21(27)20(10-15)26(28,29)30/h13-22,31H,4-12H2,1-3H3,(H2,32,33,35,37). The Morgan fingerprint density at radius 2 is 1.78 bits per heavy atom. The van der Waals surface area contributed by atoms with Crippen molar-refractivity contribution < 1.29 is 27.6 Å². The van der Waals surface area contributed by atoms with Crippen LogP contribution in [0.2, 0.25) is 0 Å². The van der Waals surface area contributed by atoms with Crippen LogP contribution in [-0.2, 0) is 9.59 Å². The van der Waals surface area contributed by atoms with Gasteiger partial charge in [-0.2, -0.15) is 13.2 Å². The molecule has 2 aliphatic heterocycles. The minimum atomic E-state index is -4.47. The Morgan fingerprint density at radius 1 is 1.05 bits per heavy atom. The van der Waals surface area contributed by atoms with Crippen LogP contribution >= 0.6 is 11.6 Å². The minimum Gasteiger partial charge on any atom is -0.342 e. The fraction of sp³-hybridized carbons (Fsp3) is 0.885. The summed E-state index contributed by atoms with van der Waals surface area (Å²) in [6.07, 6.45) is -0.573. The summed E-state index contributed by atoms with van der Waals surface area (Å²) in [7, 11) is 1.91. The first kappa shape index (κ1) is 28.5. The van der Waals surface area contributed by atoms with Crippen molar-refractivity contribution in [3.63, 3.8) is 0 Å². The van der Waals surface area contributed by atoms with E-state index in [-0.39, 0.29) is 42.7 Å². The Balaban J connectivity index is 1.32. The smallest absolute Gasteiger partial charge is 0.342 e. The summed E-state index contributed by atoms with van der Waals surface area (Å²) in [6.45, 7) is 5.21. The number of piperidine rings is 2. The third-order valence-electron chi connectivity index (χ3n) is 9.49. The molecule has 7 nitrogen and oxygen atoms in total. The van der Waals surface area contributed by atoms with Gasteiger partial charge >= 0.3 is 12.2 Å². The number of alkyl halides is 4. The summed E-state index contributed by atoms with van der Waals surface area (Å²) in [5, 5.41) is 7.61. The van der Waals surface area contributed by atoms with Crippen LogP contribution in [0.3, 0.4) is 0 Å². The summed E-state index contributed by atoms with van der Waals surface area (Å²) in [6, 6.07) is -0.232. The molecule has 0 aromatic carbocycles. The van der Waals surface area contributed by atoms with Gasteiger partial charge in [0, 0.05) is 48.9 Å². The number of carbonyl (C=O) groups excluding carboxylic acids is 3. The summed E-state index contributed by atoms with van der Waals surface area (Å²) in [5.41, 5.74) is 0. The van der Waals surface area contributed by atoms with Crippen molar-refractivity contribution in [3.05, 3.63) is 0 Å². The van der Waals surface area contributed by atoms with Gasteiger partial charge in [0.05, 0.1) is 5.92 Å². The number of nitrogens with zero attached hydrogens (tertiary/aromatic N) is 1. The maximum Gasteiger partial charge on any atom is 0.393 e. The molecule has 4 amide bonds. The third-order valence-corrected chi connectivity index (χ3v) is 10.0. The lowest BCUT2D eigenvalue weighted by Crippen LogP contribution is -2.60. The monoisotopic (exact) mass is 548 g/mol. The SMILES string of the molecule is CC1CC2C(CN1)CC(C1CC(NC(=O)NC(=O)C3CCC(Cl)C(C(F)(F)F)C3)CCC1C)C(=O)N2C. The lowest BCUT2D eigenvalue weighted by Gasteiger charge is -2.50. The zero-order valence-corrected chi connectivity index (χ0v) is 22.6. The number of carbonyl (C=O) groups is 3. The molecule has 2 saturated carbocycles. The van der Waals surface area contributed by atoms with E-state index in [0.29, 0.717) is 24.3 Å². The van der Waals surface area contributed by atoms with E-state index in [1.54, 1.807) is 0 Å². The summed E-state index contributed by atoms with van der Waals surface area (Å²) in [4.78, 5) is 40.5. The van der Waals surface area contributed by atoms with Gasteiger partial charge in [-0.1, -0.05) is 6.92 Å². The van der Waals surface area contributed by atoms with Gasteiger partial charge in [-0.25, -0.2) is 4.79 Å². The molecule has 10 unspecified atom stereocenters. The van der Waals surface area contributed by atoms with Gasteiger partial charge in [-0.15, -0.1) is 11.6 Å². The predicted octanol–water partition coefficient (Wildman–Crippen LogP) is 4.05. The van der Waals surface area contributed by atoms with E-state index in [1.165, 1.54) is 0 Å². The van der Waals surface area contributed by atoms with Crippen molar-refractivity contribution in [3.8, 4) is 0 Å². The molecule has 37 heavy (non-hydrogen) atoms. The highest BCUT2D eigenvalue weighted by molar-refractivity contribution is 6.21. The highest BCUT2D eigenvalue weighted by Gasteiger charge is 2.49. The van der Waals surface area contributed by atoms with Crippen molar-refractivity contribution in [2.24, 2.45) is 35.5 Å². The second-order valence-electron chi connectivity index (χ2n) is 12.0. The van der Waals surface area contributed by atoms with E-state index in [4.69, 9.17) is 11.6 Å². The first-order chi connectivity index (χ1) is 17.3. The zero-order valence-electron chi connectivity index (χ0n) is 21.8. The van der Waals surface area contributed by atoms with Crippen LogP contribution in [-0.4, -0.2) is 66.0 Å². The van der Waals surface area contributed by atoms with Crippen LogP contribution in [0.1, 0.15) is 65.2 Å². The Hall–Kier alpha value is -1.55. The number of likely N-dealkylation sites (tertiary alicyclic amines) is 1. The number of nitrogens with one attached hydrogen (secondary N) is 3. The molecule has 4 aliphatic rings. The maximum absolute atomic E-state index is 13.4. The van der Waals surface area contributed by atoms with Gasteiger partial charge in [0.15, 0.2) is 0 Å². The molecule has 11 heteroatoms. The molecule has 0 bridgehead atoms. The number of rotatable bonds is 3. The van der Waals surface area contributed by atoms with Crippen LogP contribution in [0.5, 0.6) is 0 Å². The van der Waals surface area contributed by atoms with Gasteiger partial charge in [0.1, 0.15) is 0 Å². The van der Waals surface area contributed by atoms with Gasteiger partial charge in [0.2, 0.25) is 11.8 Å². The molecular weight excluding hydrogens is 509 g/mol. The summed E-state index contributed by atoms with van der Waals surface area (Å²) < 4.78 is 39.8. The number of halogens is 4. The molecule has 2 saturated heterocycles. The van der Waals surface area contributed by atoms with Crippen molar-refractivity contribution in [1.29, 1.82) is 0 Å². The number of urea groups is 1. The minimum absolute atomic E-state index is 0.0772. The fourth-order valence-corrected chi connectivity index (χ4v) is 7.62. The van der Waals surface area contributed by atoms with Gasteiger partial charge in [-0.05, 0) is 76.0 Å². The maximum atomic E-state index is 13.4. The van der Waals surface area contributed by atoms with Crippen LogP contribution in [0, 0.1) is 35.5 Å². The highest BCUT2D eigenvalue weighted by Crippen LogP contribution is 2.44. The van der Waals surface area contributed by atoms with E-state index < -0.39 is 41.7 Å². The second kappa shape index (κ2) is 11.3. The molecule has 0 radical (unpaired) electrons. The first-order valence-electron chi connectivity index (χ1n) is 13.7. The average Bonchev–Trinajstić information content (AvgIpc) is 2.82. The normalized spacial score (nSPS) is 41.1. The van der Waals surface area contributed by atoms with Crippen LogP contribution < -0.4 is 16.0 Å². The van der Waals surface area contributed by atoms with Crippen molar-refractivity contribution >= 4 is 29.4 Å². The van der Waals surface area contributed by atoms with Gasteiger partial charge < -0.3 is 15.5 Å². The molecule has 4 rings (SSSR count). The summed E-state index contributed by atoms with van der Waals surface area (Å²) in [5.74, 6) is -2.40. The number of hydrogen-bond acceptors (Lipinski definition) is 4. The molecule has 0 spiro atoms. The van der Waals surface area contributed by atoms with Crippen LogP contribution in [0.4, 0.5) is 18.0 Å². The topological polar surface area (TPSA) is 90.5 Å². The average molecular weight is 549 g/mol. The molecule has 3 N–H and O–H groups in total. The molecular formula is C26H40ClF3N4O3. The van der Waals surface area contributed by atoms with E-state index in [1.807, 2.05) is 11.9 Å². The van der Waals surface area contributed by atoms with Crippen molar-refractivity contribution in [2.45, 2.75) is 94.9 Å². The van der Waals surface area contributed by atoms with Crippen molar-refractivity contribution in [2.75, 3.05) is 13.6 Å². The van der Waals surface area contributed by atoms with E-state index in [0.717, 1.165) is 32.2 Å². The molecule has 2 aliphatic carbocycles. The Bertz CT molecular complexity index is 874. The molecule has 0 aromatic heterocycles. The zero-order chi connectivity index (χ0) is 27.1. The Morgan fingerprint density at radius 3 is 2.49 bits per heavy atom. The van der Waals surface area contributed by atoms with Gasteiger partial charge in [-0.3, -0.25) is 14.9 Å². The van der Waals surface area contributed by atoms with Gasteiger partial charge in [0.25, 0.3) is 0 Å². The largest absolute Gasteiger partial charge is 0.393 e. The number of amides is 4. The van der Waals surface area contributed by atoms with E-state index >= 15 is 0 Å².